The van der Waals surface area contributed by atoms with E-state index in [2.05, 4.69) is 21.7 Å². The number of halogens is 3. The lowest BCUT2D eigenvalue weighted by molar-refractivity contribution is 0.214. The molecule has 1 aliphatic heterocycles. The van der Waals surface area contributed by atoms with Crippen LogP contribution < -0.4 is 0 Å². The summed E-state index contributed by atoms with van der Waals surface area (Å²) < 4.78 is 30.7. The van der Waals surface area contributed by atoms with E-state index >= 15 is 0 Å². The maximum Gasteiger partial charge on any atom is 0.130 e. The Morgan fingerprint density at radius 3 is 2.50 bits per heavy atom. The summed E-state index contributed by atoms with van der Waals surface area (Å²) in [5, 5.41) is 0.655. The minimum Gasteiger partial charge on any atom is -0.350 e. The Morgan fingerprint density at radius 1 is 0.962 bits per heavy atom. The number of aryl methyl sites for hydroxylation is 1. The molecule has 1 aromatic heterocycles. The molecule has 1 atom stereocenters. The highest BCUT2D eigenvalue weighted by molar-refractivity contribution is 6.30. The lowest BCUT2D eigenvalue weighted by Crippen LogP contribution is -2.30. The van der Waals surface area contributed by atoms with Crippen molar-refractivity contribution in [2.45, 2.75) is 25.6 Å². The second kappa shape index (κ2) is 7.22. The number of nitrogens with zero attached hydrogens (tertiary/aromatic N) is 2. The van der Waals surface area contributed by atoms with Crippen molar-refractivity contribution in [3.8, 4) is 0 Å². The summed E-state index contributed by atoms with van der Waals surface area (Å²) in [7, 11) is 0. The summed E-state index contributed by atoms with van der Waals surface area (Å²) >= 11 is 6.22. The van der Waals surface area contributed by atoms with Crippen LogP contribution in [0.5, 0.6) is 0 Å². The average Bonchev–Trinajstić information content (AvgIpc) is 2.99. The number of rotatable bonds is 3. The first-order chi connectivity index (χ1) is 12.6. The molecule has 0 saturated heterocycles. The van der Waals surface area contributed by atoms with Crippen LogP contribution in [0.1, 0.15) is 29.3 Å². The number of aromatic nitrogens is 1. The molecule has 1 aliphatic rings. The second-order valence-electron chi connectivity index (χ2n) is 6.61. The standard InChI is InChI=1S/C21H19ClF2N2/c22-16-6-1-5-15(13-16)21-20-9-3-10-25(20)11-4-12-26(21)14-17-18(23)7-2-8-19(17)24/h1-3,5-10,13,21H,4,11-12,14H2. The van der Waals surface area contributed by atoms with Crippen LogP contribution in [-0.2, 0) is 13.1 Å². The van der Waals surface area contributed by atoms with Crippen LogP contribution in [0.4, 0.5) is 8.78 Å². The first-order valence-corrected chi connectivity index (χ1v) is 9.09. The summed E-state index contributed by atoms with van der Waals surface area (Å²) in [5.74, 6) is -1.01. The first kappa shape index (κ1) is 17.3. The molecule has 0 bridgehead atoms. The van der Waals surface area contributed by atoms with Crippen LogP contribution in [0.15, 0.2) is 60.8 Å². The van der Waals surface area contributed by atoms with E-state index in [1.54, 1.807) is 0 Å². The van der Waals surface area contributed by atoms with Crippen molar-refractivity contribution in [1.82, 2.24) is 9.47 Å². The van der Waals surface area contributed by atoms with Gasteiger partial charge in [-0.25, -0.2) is 8.78 Å². The van der Waals surface area contributed by atoms with Crippen molar-refractivity contribution in [3.63, 3.8) is 0 Å². The summed E-state index contributed by atoms with van der Waals surface area (Å²) in [6.07, 6.45) is 2.97. The average molecular weight is 373 g/mol. The molecule has 0 radical (unpaired) electrons. The minimum absolute atomic E-state index is 0.106. The smallest absolute Gasteiger partial charge is 0.130 e. The third-order valence-electron chi connectivity index (χ3n) is 4.94. The number of fused-ring (bicyclic) bond motifs is 1. The Morgan fingerprint density at radius 2 is 1.73 bits per heavy atom. The van der Waals surface area contributed by atoms with E-state index in [1.165, 1.54) is 18.2 Å². The lowest BCUT2D eigenvalue weighted by Gasteiger charge is -2.31. The van der Waals surface area contributed by atoms with Crippen LogP contribution in [0.3, 0.4) is 0 Å². The second-order valence-corrected chi connectivity index (χ2v) is 7.04. The van der Waals surface area contributed by atoms with E-state index in [4.69, 9.17) is 11.6 Å². The molecular formula is C21H19ClF2N2. The van der Waals surface area contributed by atoms with Gasteiger partial charge >= 0.3 is 0 Å². The van der Waals surface area contributed by atoms with E-state index < -0.39 is 11.6 Å². The maximum absolute atomic E-state index is 14.2. The van der Waals surface area contributed by atoms with Crippen molar-refractivity contribution >= 4 is 11.6 Å². The van der Waals surface area contributed by atoms with E-state index in [0.717, 1.165) is 30.8 Å². The highest BCUT2D eigenvalue weighted by atomic mass is 35.5. The van der Waals surface area contributed by atoms with Crippen molar-refractivity contribution < 1.29 is 8.78 Å². The van der Waals surface area contributed by atoms with Gasteiger partial charge in [0.15, 0.2) is 0 Å². The molecule has 5 heteroatoms. The molecule has 0 amide bonds. The van der Waals surface area contributed by atoms with Gasteiger partial charge in [-0.05, 0) is 48.4 Å². The number of hydrogen-bond donors (Lipinski definition) is 0. The summed E-state index contributed by atoms with van der Waals surface area (Å²) in [5.41, 5.74) is 2.25. The van der Waals surface area contributed by atoms with Crippen LogP contribution in [0.2, 0.25) is 5.02 Å². The van der Waals surface area contributed by atoms with Gasteiger partial charge in [-0.1, -0.05) is 29.8 Å². The molecule has 134 valence electrons. The van der Waals surface area contributed by atoms with Crippen LogP contribution >= 0.6 is 11.6 Å². The molecule has 4 rings (SSSR count). The van der Waals surface area contributed by atoms with Crippen molar-refractivity contribution in [2.75, 3.05) is 6.54 Å². The Hall–Kier alpha value is -2.17. The zero-order valence-electron chi connectivity index (χ0n) is 14.2. The summed E-state index contributed by atoms with van der Waals surface area (Å²) in [4.78, 5) is 2.13. The predicted octanol–water partition coefficient (Wildman–Crippen LogP) is 5.42. The minimum atomic E-state index is -0.505. The Balaban J connectivity index is 1.79. The SMILES string of the molecule is Fc1cccc(F)c1CN1CCCn2cccc2C1c1cccc(Cl)c1. The van der Waals surface area contributed by atoms with Gasteiger partial charge in [0, 0.05) is 42.1 Å². The van der Waals surface area contributed by atoms with E-state index in [1.807, 2.05) is 30.3 Å². The monoisotopic (exact) mass is 372 g/mol. The van der Waals surface area contributed by atoms with Gasteiger partial charge in [0.05, 0.1) is 6.04 Å². The number of hydrogen-bond acceptors (Lipinski definition) is 1. The quantitative estimate of drug-likeness (QED) is 0.596. The van der Waals surface area contributed by atoms with Gasteiger partial charge in [-0.3, -0.25) is 4.90 Å². The summed E-state index contributed by atoms with van der Waals surface area (Å²) in [6.45, 7) is 1.84. The van der Waals surface area contributed by atoms with Gasteiger partial charge in [0.25, 0.3) is 0 Å². The Kier molecular flexibility index (Phi) is 4.79. The molecule has 2 nitrogen and oxygen atoms in total. The van der Waals surface area contributed by atoms with Gasteiger partial charge in [0.2, 0.25) is 0 Å². The molecule has 2 aromatic carbocycles. The van der Waals surface area contributed by atoms with Crippen LogP contribution in [0, 0.1) is 11.6 Å². The fourth-order valence-electron chi connectivity index (χ4n) is 3.75. The maximum atomic E-state index is 14.2. The molecule has 0 N–H and O–H groups in total. The molecular weight excluding hydrogens is 354 g/mol. The summed E-state index contributed by atoms with van der Waals surface area (Å²) in [6, 6.07) is 15.7. The Bertz CT molecular complexity index is 902. The molecule has 2 heterocycles. The highest BCUT2D eigenvalue weighted by Gasteiger charge is 2.28. The van der Waals surface area contributed by atoms with E-state index in [0.29, 0.717) is 5.02 Å². The fraction of sp³-hybridized carbons (Fsp3) is 0.238. The zero-order chi connectivity index (χ0) is 18.1. The molecule has 0 fully saturated rings. The lowest BCUT2D eigenvalue weighted by atomic mass is 10.0. The topological polar surface area (TPSA) is 8.17 Å². The largest absolute Gasteiger partial charge is 0.350 e. The van der Waals surface area contributed by atoms with Gasteiger partial charge in [0.1, 0.15) is 11.6 Å². The van der Waals surface area contributed by atoms with Crippen molar-refractivity contribution in [1.29, 1.82) is 0 Å². The van der Waals surface area contributed by atoms with Crippen molar-refractivity contribution in [3.05, 3.63) is 94.3 Å². The van der Waals surface area contributed by atoms with Gasteiger partial charge < -0.3 is 4.57 Å². The zero-order valence-corrected chi connectivity index (χ0v) is 15.0. The van der Waals surface area contributed by atoms with Gasteiger partial charge in [-0.15, -0.1) is 0 Å². The molecule has 3 aromatic rings. The van der Waals surface area contributed by atoms with E-state index in [9.17, 15) is 8.78 Å². The molecule has 26 heavy (non-hydrogen) atoms. The third-order valence-corrected chi connectivity index (χ3v) is 5.18. The number of benzene rings is 2. The van der Waals surface area contributed by atoms with Crippen molar-refractivity contribution in [2.24, 2.45) is 0 Å². The fourth-order valence-corrected chi connectivity index (χ4v) is 3.95. The van der Waals surface area contributed by atoms with Crippen LogP contribution in [0.25, 0.3) is 0 Å². The van der Waals surface area contributed by atoms with Crippen LogP contribution in [-0.4, -0.2) is 16.0 Å². The molecule has 0 aliphatic carbocycles. The normalized spacial score (nSPS) is 17.7. The van der Waals surface area contributed by atoms with Gasteiger partial charge in [-0.2, -0.15) is 0 Å². The molecule has 0 saturated carbocycles. The molecule has 0 spiro atoms. The highest BCUT2D eigenvalue weighted by Crippen LogP contribution is 2.34. The first-order valence-electron chi connectivity index (χ1n) is 8.71. The Labute approximate surface area is 156 Å². The molecule has 1 unspecified atom stereocenters. The third kappa shape index (κ3) is 3.27. The van der Waals surface area contributed by atoms with E-state index in [-0.39, 0.29) is 18.2 Å². The predicted molar refractivity (Wildman–Crippen MR) is 99.1 cm³/mol.